The van der Waals surface area contributed by atoms with Crippen LogP contribution in [0.4, 0.5) is 9.18 Å². The maximum absolute atomic E-state index is 13.3. The van der Waals surface area contributed by atoms with E-state index in [2.05, 4.69) is 22.0 Å². The van der Waals surface area contributed by atoms with E-state index in [4.69, 9.17) is 4.52 Å². The molecule has 6 nitrogen and oxygen atoms in total. The van der Waals surface area contributed by atoms with Gasteiger partial charge in [0.1, 0.15) is 5.82 Å². The molecule has 0 aliphatic carbocycles. The molecule has 31 heavy (non-hydrogen) atoms. The summed E-state index contributed by atoms with van der Waals surface area (Å²) in [5.74, 6) is 0.304. The number of halogens is 1. The Morgan fingerprint density at radius 1 is 1.23 bits per heavy atom. The zero-order valence-electron chi connectivity index (χ0n) is 17.1. The molecule has 3 aromatic rings. The van der Waals surface area contributed by atoms with Crippen molar-refractivity contribution in [2.75, 3.05) is 12.8 Å². The van der Waals surface area contributed by atoms with Crippen molar-refractivity contribution < 1.29 is 13.7 Å². The lowest BCUT2D eigenvalue weighted by molar-refractivity contribution is 0.209. The summed E-state index contributed by atoms with van der Waals surface area (Å²) >= 11 is 1.65. The van der Waals surface area contributed by atoms with E-state index in [1.165, 1.54) is 12.1 Å². The van der Waals surface area contributed by atoms with E-state index in [0.717, 1.165) is 10.5 Å². The molecule has 0 bridgehead atoms. The van der Waals surface area contributed by atoms with E-state index in [1.54, 1.807) is 34.9 Å². The topological polar surface area (TPSA) is 71.3 Å². The summed E-state index contributed by atoms with van der Waals surface area (Å²) in [6.45, 7) is 5.94. The Balaban J connectivity index is 1.79. The van der Waals surface area contributed by atoms with Gasteiger partial charge in [-0.3, -0.25) is 4.90 Å². The molecule has 1 aliphatic rings. The molecule has 2 heterocycles. The number of carbonyl (C=O) groups excluding carboxylic acids is 1. The van der Waals surface area contributed by atoms with Crippen LogP contribution in [0.5, 0.6) is 0 Å². The van der Waals surface area contributed by atoms with Crippen LogP contribution in [0, 0.1) is 5.82 Å². The molecule has 4 rings (SSSR count). The molecule has 1 aromatic heterocycles. The van der Waals surface area contributed by atoms with Gasteiger partial charge in [-0.25, -0.2) is 9.18 Å². The second-order valence-corrected chi connectivity index (χ2v) is 7.86. The average molecular weight is 437 g/mol. The van der Waals surface area contributed by atoms with Gasteiger partial charge in [-0.1, -0.05) is 23.4 Å². The zero-order chi connectivity index (χ0) is 22.0. The Hall–Kier alpha value is -3.39. The fourth-order valence-corrected chi connectivity index (χ4v) is 3.91. The van der Waals surface area contributed by atoms with Crippen LogP contribution >= 0.6 is 11.8 Å². The molecule has 0 saturated carbocycles. The van der Waals surface area contributed by atoms with E-state index in [1.807, 2.05) is 37.4 Å². The van der Waals surface area contributed by atoms with Gasteiger partial charge in [-0.05, 0) is 55.1 Å². The summed E-state index contributed by atoms with van der Waals surface area (Å²) in [7, 11) is 0. The molecule has 158 valence electrons. The minimum atomic E-state index is -0.453. The number of hydrogen-bond acceptors (Lipinski definition) is 5. The molecule has 0 spiro atoms. The van der Waals surface area contributed by atoms with Crippen LogP contribution in [0.1, 0.15) is 24.4 Å². The third-order valence-corrected chi connectivity index (χ3v) is 5.86. The van der Waals surface area contributed by atoms with Crippen LogP contribution in [-0.4, -0.2) is 33.9 Å². The largest absolute Gasteiger partial charge is 0.334 e. The number of nitrogens with zero attached hydrogens (tertiary/aromatic N) is 3. The third-order valence-electron chi connectivity index (χ3n) is 5.12. The summed E-state index contributed by atoms with van der Waals surface area (Å²) in [5, 5.41) is 7.11. The number of aromatic nitrogens is 2. The van der Waals surface area contributed by atoms with Crippen molar-refractivity contribution in [3.05, 3.63) is 84.2 Å². The fourth-order valence-electron chi connectivity index (χ4n) is 3.50. The maximum Gasteiger partial charge on any atom is 0.322 e. The average Bonchev–Trinajstić information content (AvgIpc) is 3.26. The molecule has 1 aliphatic heterocycles. The molecule has 1 N–H and O–H groups in total. The van der Waals surface area contributed by atoms with Crippen molar-refractivity contribution in [3.8, 4) is 11.4 Å². The molecule has 0 saturated heterocycles. The van der Waals surface area contributed by atoms with Gasteiger partial charge in [0.05, 0.1) is 11.6 Å². The summed E-state index contributed by atoms with van der Waals surface area (Å²) in [4.78, 5) is 20.0. The van der Waals surface area contributed by atoms with Gasteiger partial charge in [-0.2, -0.15) is 4.98 Å². The number of benzene rings is 2. The van der Waals surface area contributed by atoms with Crippen LogP contribution in [0.25, 0.3) is 17.0 Å². The zero-order valence-corrected chi connectivity index (χ0v) is 17.9. The van der Waals surface area contributed by atoms with Gasteiger partial charge in [0.15, 0.2) is 0 Å². The smallest absolute Gasteiger partial charge is 0.322 e. The Bertz CT molecular complexity index is 1140. The van der Waals surface area contributed by atoms with Crippen LogP contribution in [0.2, 0.25) is 0 Å². The summed E-state index contributed by atoms with van der Waals surface area (Å²) < 4.78 is 18.9. The highest BCUT2D eigenvalue weighted by Crippen LogP contribution is 2.37. The number of amides is 2. The summed E-state index contributed by atoms with van der Waals surface area (Å²) in [5.41, 5.74) is 2.95. The Morgan fingerprint density at radius 3 is 2.58 bits per heavy atom. The number of nitrogens with one attached hydrogen (secondary N) is 1. The van der Waals surface area contributed by atoms with Crippen LogP contribution in [0.3, 0.4) is 0 Å². The molecule has 0 radical (unpaired) electrons. The van der Waals surface area contributed by atoms with E-state index in [0.29, 0.717) is 35.1 Å². The summed E-state index contributed by atoms with van der Waals surface area (Å²) in [6, 6.07) is 13.2. The van der Waals surface area contributed by atoms with E-state index in [-0.39, 0.29) is 11.8 Å². The second kappa shape index (κ2) is 8.77. The highest BCUT2D eigenvalue weighted by Gasteiger charge is 2.35. The molecule has 1 atom stereocenters. The number of rotatable bonds is 6. The van der Waals surface area contributed by atoms with Crippen molar-refractivity contribution in [3.63, 3.8) is 0 Å². The molecule has 2 amide bonds. The Kier molecular flexibility index (Phi) is 5.90. The number of thioether (sulfide) groups is 1. The predicted molar refractivity (Wildman–Crippen MR) is 119 cm³/mol. The van der Waals surface area contributed by atoms with Crippen LogP contribution in [-0.2, 0) is 0 Å². The lowest BCUT2D eigenvalue weighted by Gasteiger charge is -2.34. The first-order valence-corrected chi connectivity index (χ1v) is 10.9. The van der Waals surface area contributed by atoms with Gasteiger partial charge >= 0.3 is 6.03 Å². The molecule has 2 aromatic carbocycles. The summed E-state index contributed by atoms with van der Waals surface area (Å²) in [6.07, 6.45) is 3.67. The first-order chi connectivity index (χ1) is 15.0. The molecule has 1 unspecified atom stereocenters. The van der Waals surface area contributed by atoms with Crippen molar-refractivity contribution >= 4 is 23.4 Å². The highest BCUT2D eigenvalue weighted by atomic mass is 32.2. The van der Waals surface area contributed by atoms with E-state index < -0.39 is 6.04 Å². The number of allylic oxidation sites excluding steroid dienone is 1. The van der Waals surface area contributed by atoms with E-state index in [9.17, 15) is 9.18 Å². The minimum absolute atomic E-state index is 0.224. The molecular weight excluding hydrogens is 415 g/mol. The standard InChI is InChI=1S/C23H21FN4O2S/c1-4-13-28-14(2)19(20(25-23(28)29)15-7-11-18(31-3)12-8-15)22-26-21(27-30-22)16-5-9-17(24)10-6-16/h4-12,20H,1,13H2,2-3H3,(H,25,29). The number of urea groups is 1. The van der Waals surface area contributed by atoms with E-state index >= 15 is 0 Å². The third kappa shape index (κ3) is 4.11. The maximum atomic E-state index is 13.3. The quantitative estimate of drug-likeness (QED) is 0.420. The first-order valence-electron chi connectivity index (χ1n) is 9.65. The van der Waals surface area contributed by atoms with Crippen molar-refractivity contribution in [1.82, 2.24) is 20.4 Å². The normalized spacial score (nSPS) is 16.4. The van der Waals surface area contributed by atoms with Gasteiger partial charge in [0, 0.05) is 22.7 Å². The lowest BCUT2D eigenvalue weighted by Crippen LogP contribution is -2.46. The monoisotopic (exact) mass is 436 g/mol. The highest BCUT2D eigenvalue weighted by molar-refractivity contribution is 7.98. The van der Waals surface area contributed by atoms with Crippen LogP contribution < -0.4 is 5.32 Å². The number of hydrogen-bond donors (Lipinski definition) is 1. The molecular formula is C23H21FN4O2S. The first kappa shape index (κ1) is 20.9. The van der Waals surface area contributed by atoms with Gasteiger partial charge in [-0.15, -0.1) is 18.3 Å². The van der Waals surface area contributed by atoms with Gasteiger partial charge < -0.3 is 9.84 Å². The van der Waals surface area contributed by atoms with Crippen molar-refractivity contribution in [1.29, 1.82) is 0 Å². The lowest BCUT2D eigenvalue weighted by atomic mass is 9.94. The van der Waals surface area contributed by atoms with Gasteiger partial charge in [0.25, 0.3) is 5.89 Å². The fraction of sp³-hybridized carbons (Fsp3) is 0.174. The minimum Gasteiger partial charge on any atom is -0.334 e. The number of carbonyl (C=O) groups is 1. The van der Waals surface area contributed by atoms with Crippen molar-refractivity contribution in [2.24, 2.45) is 0 Å². The SMILES string of the molecule is C=CCN1C(=O)NC(c2ccc(SC)cc2)C(c2nc(-c3ccc(F)cc3)no2)=C1C. The van der Waals surface area contributed by atoms with Crippen LogP contribution in [0.15, 0.2) is 76.3 Å². The second-order valence-electron chi connectivity index (χ2n) is 6.98. The molecule has 8 heteroatoms. The molecule has 0 fully saturated rings. The predicted octanol–water partition coefficient (Wildman–Crippen LogP) is 5.28. The van der Waals surface area contributed by atoms with Gasteiger partial charge in [0.2, 0.25) is 5.82 Å². The Labute approximate surface area is 183 Å². The Morgan fingerprint density at radius 2 is 1.94 bits per heavy atom. The van der Waals surface area contributed by atoms with Crippen molar-refractivity contribution in [2.45, 2.75) is 17.9 Å².